The highest BCUT2D eigenvalue weighted by Crippen LogP contribution is 2.20. The minimum Gasteiger partial charge on any atom is -0.463 e. The van der Waals surface area contributed by atoms with Gasteiger partial charge in [0.05, 0.1) is 10.9 Å². The zero-order valence-corrected chi connectivity index (χ0v) is 17.5. The summed E-state index contributed by atoms with van der Waals surface area (Å²) in [4.78, 5) is 38.7. The molecule has 1 N–H and O–H groups in total. The van der Waals surface area contributed by atoms with Crippen molar-refractivity contribution >= 4 is 46.0 Å². The zero-order valence-electron chi connectivity index (χ0n) is 16.0. The molecule has 0 bridgehead atoms. The lowest BCUT2D eigenvalue weighted by Crippen LogP contribution is -2.56. The van der Waals surface area contributed by atoms with E-state index in [-0.39, 0.29) is 16.5 Å². The van der Waals surface area contributed by atoms with Gasteiger partial charge in [0.1, 0.15) is 17.4 Å². The van der Waals surface area contributed by atoms with Gasteiger partial charge in [-0.3, -0.25) is 19.8 Å². The molecule has 6 nitrogen and oxygen atoms in total. The molecule has 0 spiro atoms. The number of rotatable bonds is 2. The van der Waals surface area contributed by atoms with E-state index in [1.807, 2.05) is 0 Å². The number of hydrogen-bond donors (Lipinski definition) is 1. The summed E-state index contributed by atoms with van der Waals surface area (Å²) in [5, 5.41) is 2.01. The Kier molecular flexibility index (Phi) is 5.68. The van der Waals surface area contributed by atoms with E-state index in [0.717, 1.165) is 11.3 Å². The van der Waals surface area contributed by atoms with Gasteiger partial charge in [0, 0.05) is 15.6 Å². The highest BCUT2D eigenvalue weighted by molar-refractivity contribution is 6.31. The van der Waals surface area contributed by atoms with E-state index in [0.29, 0.717) is 15.6 Å². The first-order valence-corrected chi connectivity index (χ1v) is 9.45. The number of hydrazine groups is 1. The van der Waals surface area contributed by atoms with Crippen LogP contribution in [0.2, 0.25) is 10.0 Å². The average molecular weight is 433 g/mol. The van der Waals surface area contributed by atoms with Crippen LogP contribution in [0.15, 0.2) is 57.9 Å². The van der Waals surface area contributed by atoms with Crippen molar-refractivity contribution in [3.8, 4) is 0 Å². The van der Waals surface area contributed by atoms with Crippen LogP contribution in [0.25, 0.3) is 11.0 Å². The number of nitrogens with zero attached hydrogens (tertiary/aromatic N) is 1. The maximum Gasteiger partial charge on any atom is 0.279 e. The van der Waals surface area contributed by atoms with Crippen molar-refractivity contribution in [1.29, 1.82) is 0 Å². The largest absolute Gasteiger partial charge is 0.463 e. The van der Waals surface area contributed by atoms with Gasteiger partial charge in [0.25, 0.3) is 11.8 Å². The first-order chi connectivity index (χ1) is 13.6. The predicted octanol–water partition coefficient (Wildman–Crippen LogP) is 4.69. The Hall–Kier alpha value is -2.83. The standard InChI is InChI=1S/C21H18Cl2N2O4/c1-21(2,3)25(24-19(27)12-5-4-6-13(22)9-12)20(28)16-11-29-17-8-7-14(23)10-15(17)18(16)26/h4-11H,1-3H3,(H,24,27). The molecular weight excluding hydrogens is 415 g/mol. The number of carbonyl (C=O) groups excluding carboxylic acids is 2. The fourth-order valence-electron chi connectivity index (χ4n) is 2.69. The average Bonchev–Trinajstić information content (AvgIpc) is 2.65. The lowest BCUT2D eigenvalue weighted by atomic mass is 10.1. The molecule has 0 fully saturated rings. The molecule has 3 rings (SSSR count). The maximum absolute atomic E-state index is 13.2. The van der Waals surface area contributed by atoms with Crippen LogP contribution in [-0.4, -0.2) is 22.4 Å². The van der Waals surface area contributed by atoms with Crippen molar-refractivity contribution in [3.63, 3.8) is 0 Å². The van der Waals surface area contributed by atoms with Crippen LogP contribution in [0.3, 0.4) is 0 Å². The summed E-state index contributed by atoms with van der Waals surface area (Å²) in [6.07, 6.45) is 1.09. The van der Waals surface area contributed by atoms with Crippen LogP contribution in [0.1, 0.15) is 41.5 Å². The molecule has 0 aliphatic rings. The third-order valence-electron chi connectivity index (χ3n) is 4.14. The number of benzene rings is 2. The van der Waals surface area contributed by atoms with E-state index in [9.17, 15) is 14.4 Å². The van der Waals surface area contributed by atoms with Crippen LogP contribution in [0.4, 0.5) is 0 Å². The summed E-state index contributed by atoms with van der Waals surface area (Å²) < 4.78 is 5.43. The van der Waals surface area contributed by atoms with Gasteiger partial charge in [-0.1, -0.05) is 29.3 Å². The monoisotopic (exact) mass is 432 g/mol. The smallest absolute Gasteiger partial charge is 0.279 e. The second kappa shape index (κ2) is 7.89. The van der Waals surface area contributed by atoms with Crippen molar-refractivity contribution in [2.45, 2.75) is 26.3 Å². The second-order valence-corrected chi connectivity index (χ2v) is 8.25. The van der Waals surface area contributed by atoms with Crippen LogP contribution in [0.5, 0.6) is 0 Å². The minimum atomic E-state index is -0.832. The Labute approximate surface area is 177 Å². The number of fused-ring (bicyclic) bond motifs is 1. The molecule has 29 heavy (non-hydrogen) atoms. The molecular formula is C21H18Cl2N2O4. The quantitative estimate of drug-likeness (QED) is 0.595. The van der Waals surface area contributed by atoms with Crippen molar-refractivity contribution in [1.82, 2.24) is 10.4 Å². The van der Waals surface area contributed by atoms with E-state index < -0.39 is 22.8 Å². The van der Waals surface area contributed by atoms with E-state index in [1.165, 1.54) is 12.1 Å². The van der Waals surface area contributed by atoms with Crippen LogP contribution < -0.4 is 10.9 Å². The Morgan fingerprint density at radius 2 is 1.72 bits per heavy atom. The van der Waals surface area contributed by atoms with Gasteiger partial charge in [0.15, 0.2) is 0 Å². The molecule has 0 aliphatic carbocycles. The third kappa shape index (κ3) is 4.44. The number of hydrogen-bond acceptors (Lipinski definition) is 4. The molecule has 0 aliphatic heterocycles. The molecule has 1 aromatic heterocycles. The third-order valence-corrected chi connectivity index (χ3v) is 4.61. The Balaban J connectivity index is 2.01. The predicted molar refractivity (Wildman–Crippen MR) is 112 cm³/mol. The molecule has 3 aromatic rings. The van der Waals surface area contributed by atoms with Gasteiger partial charge in [-0.15, -0.1) is 0 Å². The minimum absolute atomic E-state index is 0.179. The van der Waals surface area contributed by atoms with Gasteiger partial charge >= 0.3 is 0 Å². The molecule has 0 atom stereocenters. The van der Waals surface area contributed by atoms with E-state index in [1.54, 1.807) is 51.1 Å². The first-order valence-electron chi connectivity index (χ1n) is 8.70. The molecule has 0 saturated carbocycles. The topological polar surface area (TPSA) is 79.6 Å². The fourth-order valence-corrected chi connectivity index (χ4v) is 3.05. The molecule has 0 saturated heterocycles. The molecule has 2 aromatic carbocycles. The summed E-state index contributed by atoms with van der Waals surface area (Å²) in [6.45, 7) is 5.17. The molecule has 0 unspecified atom stereocenters. The van der Waals surface area contributed by atoms with Gasteiger partial charge < -0.3 is 4.42 Å². The summed E-state index contributed by atoms with van der Waals surface area (Å²) in [5.41, 5.74) is 1.56. The van der Waals surface area contributed by atoms with Gasteiger partial charge in [0.2, 0.25) is 5.43 Å². The van der Waals surface area contributed by atoms with Crippen LogP contribution in [0, 0.1) is 0 Å². The molecule has 2 amide bonds. The highest BCUT2D eigenvalue weighted by atomic mass is 35.5. The molecule has 0 radical (unpaired) electrons. The SMILES string of the molecule is CC(C)(C)N(NC(=O)c1cccc(Cl)c1)C(=O)c1coc2ccc(Cl)cc2c1=O. The maximum atomic E-state index is 13.2. The number of amides is 2. The van der Waals surface area contributed by atoms with Gasteiger partial charge in [-0.05, 0) is 57.2 Å². The van der Waals surface area contributed by atoms with E-state index >= 15 is 0 Å². The van der Waals surface area contributed by atoms with Crippen molar-refractivity contribution in [2.75, 3.05) is 0 Å². The van der Waals surface area contributed by atoms with Crippen LogP contribution in [-0.2, 0) is 0 Å². The summed E-state index contributed by atoms with van der Waals surface area (Å²) in [5.74, 6) is -1.24. The molecule has 1 heterocycles. The second-order valence-electron chi connectivity index (χ2n) is 7.38. The molecule has 150 valence electrons. The lowest BCUT2D eigenvalue weighted by molar-refractivity contribution is 0.0356. The number of halogens is 2. The van der Waals surface area contributed by atoms with Gasteiger partial charge in [-0.25, -0.2) is 5.01 Å². The Morgan fingerprint density at radius 1 is 1.03 bits per heavy atom. The number of nitrogens with one attached hydrogen (secondary N) is 1. The lowest BCUT2D eigenvalue weighted by Gasteiger charge is -2.35. The van der Waals surface area contributed by atoms with Crippen molar-refractivity contribution < 1.29 is 14.0 Å². The summed E-state index contributed by atoms with van der Waals surface area (Å²) in [6, 6.07) is 10.9. The Bertz CT molecular complexity index is 1170. The first kappa shape index (κ1) is 20.9. The van der Waals surface area contributed by atoms with Crippen LogP contribution >= 0.6 is 23.2 Å². The highest BCUT2D eigenvalue weighted by Gasteiger charge is 2.31. The van der Waals surface area contributed by atoms with Gasteiger partial charge in [-0.2, -0.15) is 0 Å². The van der Waals surface area contributed by atoms with Crippen molar-refractivity contribution in [2.24, 2.45) is 0 Å². The number of carbonyl (C=O) groups is 2. The fraction of sp³-hybridized carbons (Fsp3) is 0.190. The zero-order chi connectivity index (χ0) is 21.3. The van der Waals surface area contributed by atoms with E-state index in [2.05, 4.69) is 5.43 Å². The Morgan fingerprint density at radius 3 is 2.38 bits per heavy atom. The van der Waals surface area contributed by atoms with Crippen molar-refractivity contribution in [3.05, 3.63) is 80.1 Å². The van der Waals surface area contributed by atoms with E-state index in [4.69, 9.17) is 27.6 Å². The molecule has 8 heteroatoms. The normalized spacial score (nSPS) is 11.3. The summed E-state index contributed by atoms with van der Waals surface area (Å²) >= 11 is 11.9. The summed E-state index contributed by atoms with van der Waals surface area (Å²) in [7, 11) is 0.